The molecule has 0 aromatic heterocycles. The van der Waals surface area contributed by atoms with Gasteiger partial charge in [0.15, 0.2) is 5.75 Å². The number of rotatable bonds is 9. The number of ether oxygens (including phenoxy) is 2. The Morgan fingerprint density at radius 3 is 2.20 bits per heavy atom. The van der Waals surface area contributed by atoms with Crippen LogP contribution in [0.4, 0.5) is 0 Å². The van der Waals surface area contributed by atoms with Crippen molar-refractivity contribution in [1.82, 2.24) is 0 Å². The van der Waals surface area contributed by atoms with E-state index in [1.54, 1.807) is 18.3 Å². The van der Waals surface area contributed by atoms with Gasteiger partial charge < -0.3 is 14.3 Å². The van der Waals surface area contributed by atoms with Crippen molar-refractivity contribution in [2.75, 3.05) is 13.2 Å². The van der Waals surface area contributed by atoms with Crippen LogP contribution in [0.1, 0.15) is 31.9 Å². The normalized spacial score (nSPS) is 11.4. The lowest BCUT2D eigenvalue weighted by molar-refractivity contribution is 0.00199. The highest BCUT2D eigenvalue weighted by Gasteiger charge is 2.11. The van der Waals surface area contributed by atoms with E-state index in [9.17, 15) is 0 Å². The third-order valence-electron chi connectivity index (χ3n) is 3.60. The third-order valence-corrected chi connectivity index (χ3v) is 4.47. The highest BCUT2D eigenvalue weighted by molar-refractivity contribution is 6.55. The molecular weight excluding hydrogens is 468 g/mol. The third kappa shape index (κ3) is 9.05. The van der Waals surface area contributed by atoms with E-state index in [2.05, 4.69) is 5.16 Å². The minimum Gasteiger partial charge on any atom is -0.490 e. The molecule has 0 unspecified atom stereocenters. The number of benzene rings is 2. The molecule has 4 nitrogen and oxygen atoms in total. The Morgan fingerprint density at radius 1 is 1.00 bits per heavy atom. The summed E-state index contributed by atoms with van der Waals surface area (Å²) in [4.78, 5) is 5.34. The van der Waals surface area contributed by atoms with Crippen LogP contribution in [0.5, 0.6) is 11.5 Å². The summed E-state index contributed by atoms with van der Waals surface area (Å²) in [5, 5.41) is 4.72. The van der Waals surface area contributed by atoms with Crippen molar-refractivity contribution < 1.29 is 14.3 Å². The molecule has 0 bridgehead atoms. The van der Waals surface area contributed by atoms with Gasteiger partial charge in [0.05, 0.1) is 22.9 Å². The predicted molar refractivity (Wildman–Crippen MR) is 126 cm³/mol. The van der Waals surface area contributed by atoms with Gasteiger partial charge in [0.1, 0.15) is 22.4 Å². The van der Waals surface area contributed by atoms with Gasteiger partial charge in [0.25, 0.3) is 0 Å². The van der Waals surface area contributed by atoms with Crippen LogP contribution in [0.25, 0.3) is 0 Å². The molecule has 0 spiro atoms. The van der Waals surface area contributed by atoms with E-state index >= 15 is 0 Å². The zero-order valence-corrected chi connectivity index (χ0v) is 19.9. The van der Waals surface area contributed by atoms with Gasteiger partial charge in [0.2, 0.25) is 0 Å². The van der Waals surface area contributed by atoms with Gasteiger partial charge in [-0.3, -0.25) is 0 Å². The smallest absolute Gasteiger partial charge is 0.156 e. The monoisotopic (exact) mass is 489 g/mol. The van der Waals surface area contributed by atoms with Crippen molar-refractivity contribution in [2.45, 2.75) is 32.8 Å². The molecule has 30 heavy (non-hydrogen) atoms. The molecule has 8 heteroatoms. The number of halogens is 4. The zero-order valence-electron chi connectivity index (χ0n) is 16.9. The Hall–Kier alpha value is -1.59. The van der Waals surface area contributed by atoms with Crippen LogP contribution in [0.15, 0.2) is 52.1 Å². The standard InChI is InChI=1S/C22H23Cl4NO3/c1-22(2,3)30-27-14-16-6-4-15(5-7-16)8-10-29-21-18(23)12-17(13-19(21)24)28-11-9-20(25)26/h4-7,9,12-14H,8,10-11H2,1-3H3/b27-14+. The summed E-state index contributed by atoms with van der Waals surface area (Å²) in [6, 6.07) is 11.2. The molecule has 0 N–H and O–H groups in total. The average Bonchev–Trinajstić information content (AvgIpc) is 2.64. The van der Waals surface area contributed by atoms with Crippen molar-refractivity contribution in [2.24, 2.45) is 5.16 Å². The molecule has 0 aliphatic rings. The highest BCUT2D eigenvalue weighted by Crippen LogP contribution is 2.37. The van der Waals surface area contributed by atoms with Gasteiger partial charge in [-0.2, -0.15) is 0 Å². The molecule has 0 saturated carbocycles. The van der Waals surface area contributed by atoms with Crippen LogP contribution in [-0.2, 0) is 11.3 Å². The summed E-state index contributed by atoms with van der Waals surface area (Å²) in [7, 11) is 0. The maximum atomic E-state index is 6.28. The number of nitrogens with zero attached hydrogens (tertiary/aromatic N) is 1. The first-order valence-corrected chi connectivity index (χ1v) is 10.7. The fraction of sp³-hybridized carbons (Fsp3) is 0.318. The first-order chi connectivity index (χ1) is 14.1. The number of hydrogen-bond donors (Lipinski definition) is 0. The maximum Gasteiger partial charge on any atom is 0.156 e. The molecule has 2 rings (SSSR count). The van der Waals surface area contributed by atoms with Crippen molar-refractivity contribution in [3.05, 3.63) is 68.1 Å². The molecule has 0 atom stereocenters. The lowest BCUT2D eigenvalue weighted by Crippen LogP contribution is -2.15. The van der Waals surface area contributed by atoms with Crippen LogP contribution in [-0.4, -0.2) is 25.0 Å². The summed E-state index contributed by atoms with van der Waals surface area (Å²) in [5.74, 6) is 0.913. The maximum absolute atomic E-state index is 6.28. The van der Waals surface area contributed by atoms with Crippen molar-refractivity contribution in [3.8, 4) is 11.5 Å². The van der Waals surface area contributed by atoms with Gasteiger partial charge in [-0.15, -0.1) is 0 Å². The van der Waals surface area contributed by atoms with Crippen LogP contribution in [0, 0.1) is 0 Å². The molecule has 2 aromatic rings. The van der Waals surface area contributed by atoms with Gasteiger partial charge in [-0.1, -0.05) is 75.8 Å². The van der Waals surface area contributed by atoms with Crippen molar-refractivity contribution in [1.29, 1.82) is 0 Å². The van der Waals surface area contributed by atoms with Crippen molar-refractivity contribution in [3.63, 3.8) is 0 Å². The summed E-state index contributed by atoms with van der Waals surface area (Å²) in [6.45, 7) is 6.47. The SMILES string of the molecule is CC(C)(C)O/N=C/c1ccc(CCOc2c(Cl)cc(OCC=C(Cl)Cl)cc2Cl)cc1. The van der Waals surface area contributed by atoms with E-state index in [1.807, 2.05) is 45.0 Å². The predicted octanol–water partition coefficient (Wildman–Crippen LogP) is 7.46. The highest BCUT2D eigenvalue weighted by atomic mass is 35.5. The Kier molecular flexibility index (Phi) is 9.63. The molecule has 0 aliphatic carbocycles. The van der Waals surface area contributed by atoms with E-state index < -0.39 is 0 Å². The average molecular weight is 491 g/mol. The second-order valence-electron chi connectivity index (χ2n) is 7.30. The summed E-state index contributed by atoms with van der Waals surface area (Å²) in [5.41, 5.74) is 1.76. The Labute approximate surface area is 197 Å². The second kappa shape index (κ2) is 11.7. The topological polar surface area (TPSA) is 40.0 Å². The van der Waals surface area contributed by atoms with Crippen LogP contribution in [0.3, 0.4) is 0 Å². The molecule has 0 fully saturated rings. The molecule has 0 radical (unpaired) electrons. The molecular formula is C22H23Cl4NO3. The molecule has 0 saturated heterocycles. The van der Waals surface area contributed by atoms with E-state index in [0.717, 1.165) is 11.1 Å². The summed E-state index contributed by atoms with van der Waals surface area (Å²) >= 11 is 23.6. The van der Waals surface area contributed by atoms with E-state index in [1.165, 1.54) is 6.08 Å². The van der Waals surface area contributed by atoms with Gasteiger partial charge >= 0.3 is 0 Å². The minimum atomic E-state index is -0.310. The second-order valence-corrected chi connectivity index (χ2v) is 9.12. The van der Waals surface area contributed by atoms with Crippen molar-refractivity contribution >= 4 is 52.6 Å². The Balaban J connectivity index is 1.88. The first-order valence-electron chi connectivity index (χ1n) is 9.20. The summed E-state index contributed by atoms with van der Waals surface area (Å²) < 4.78 is 11.4. The van der Waals surface area contributed by atoms with Crippen LogP contribution in [0.2, 0.25) is 10.0 Å². The fourth-order valence-electron chi connectivity index (χ4n) is 2.25. The Bertz CT molecular complexity index is 863. The largest absolute Gasteiger partial charge is 0.490 e. The quantitative estimate of drug-likeness (QED) is 0.270. The molecule has 0 heterocycles. The van der Waals surface area contributed by atoms with Gasteiger partial charge in [-0.25, -0.2) is 0 Å². The van der Waals surface area contributed by atoms with E-state index in [0.29, 0.717) is 34.6 Å². The molecule has 2 aromatic carbocycles. The van der Waals surface area contributed by atoms with Crippen LogP contribution >= 0.6 is 46.4 Å². The van der Waals surface area contributed by atoms with Gasteiger partial charge in [0, 0.05) is 18.6 Å². The first kappa shape index (κ1) is 24.7. The van der Waals surface area contributed by atoms with E-state index in [4.69, 9.17) is 60.7 Å². The zero-order chi connectivity index (χ0) is 22.1. The van der Waals surface area contributed by atoms with Crippen LogP contribution < -0.4 is 9.47 Å². The lowest BCUT2D eigenvalue weighted by atomic mass is 10.1. The molecule has 162 valence electrons. The molecule has 0 amide bonds. The molecule has 0 aliphatic heterocycles. The lowest BCUT2D eigenvalue weighted by Gasteiger charge is -2.14. The number of oxime groups is 1. The Morgan fingerprint density at radius 2 is 1.63 bits per heavy atom. The minimum absolute atomic E-state index is 0.130. The van der Waals surface area contributed by atoms with Gasteiger partial charge in [-0.05, 0) is 38.0 Å². The van der Waals surface area contributed by atoms with E-state index in [-0.39, 0.29) is 16.7 Å². The fourth-order valence-corrected chi connectivity index (χ4v) is 2.95. The summed E-state index contributed by atoms with van der Waals surface area (Å²) in [6.07, 6.45) is 3.90. The number of hydrogen-bond acceptors (Lipinski definition) is 4.